The van der Waals surface area contributed by atoms with Gasteiger partial charge >= 0.3 is 0 Å². The Kier molecular flexibility index (Phi) is 4.25. The number of hydrogen-bond donors (Lipinski definition) is 1. The molecular formula is C16H22N2O. The van der Waals surface area contributed by atoms with Crippen LogP contribution in [0.5, 0.6) is 5.75 Å². The van der Waals surface area contributed by atoms with Crippen molar-refractivity contribution < 1.29 is 5.11 Å². The van der Waals surface area contributed by atoms with Gasteiger partial charge in [-0.25, -0.2) is 4.68 Å². The molecular weight excluding hydrogens is 236 g/mol. The van der Waals surface area contributed by atoms with Gasteiger partial charge in [-0.15, -0.1) is 0 Å². The molecule has 0 aliphatic carbocycles. The second-order valence-corrected chi connectivity index (χ2v) is 4.94. The Morgan fingerprint density at radius 3 is 2.42 bits per heavy atom. The minimum atomic E-state index is 0.381. The summed E-state index contributed by atoms with van der Waals surface area (Å²) in [4.78, 5) is 0. The van der Waals surface area contributed by atoms with Gasteiger partial charge in [0, 0.05) is 0 Å². The van der Waals surface area contributed by atoms with E-state index in [0.29, 0.717) is 5.75 Å². The molecule has 0 amide bonds. The first-order valence-corrected chi connectivity index (χ1v) is 7.04. The number of benzene rings is 1. The molecule has 2 rings (SSSR count). The molecule has 0 saturated carbocycles. The number of rotatable bonds is 5. The number of aromatic hydroxyl groups is 1. The van der Waals surface area contributed by atoms with Crippen molar-refractivity contribution in [3.8, 4) is 11.4 Å². The molecule has 0 spiro atoms. The summed E-state index contributed by atoms with van der Waals surface area (Å²) in [5.74, 6) is 0.381. The van der Waals surface area contributed by atoms with Gasteiger partial charge in [0.1, 0.15) is 5.69 Å². The van der Waals surface area contributed by atoms with Gasteiger partial charge in [-0.2, -0.15) is 5.10 Å². The maximum absolute atomic E-state index is 10.3. The van der Waals surface area contributed by atoms with Crippen molar-refractivity contribution >= 4 is 0 Å². The van der Waals surface area contributed by atoms with E-state index in [1.807, 2.05) is 16.8 Å². The normalized spacial score (nSPS) is 10.9. The van der Waals surface area contributed by atoms with E-state index in [1.165, 1.54) is 5.56 Å². The van der Waals surface area contributed by atoms with Gasteiger partial charge in [0.2, 0.25) is 0 Å². The molecule has 2 aromatic rings. The summed E-state index contributed by atoms with van der Waals surface area (Å²) in [5.41, 5.74) is 3.98. The van der Waals surface area contributed by atoms with Crippen molar-refractivity contribution in [3.63, 3.8) is 0 Å². The van der Waals surface area contributed by atoms with Crippen LogP contribution < -0.4 is 0 Å². The summed E-state index contributed by atoms with van der Waals surface area (Å²) in [6.07, 6.45) is 3.65. The van der Waals surface area contributed by atoms with E-state index >= 15 is 0 Å². The zero-order valence-electron chi connectivity index (χ0n) is 12.0. The van der Waals surface area contributed by atoms with Crippen LogP contribution >= 0.6 is 0 Å². The van der Waals surface area contributed by atoms with Crippen molar-refractivity contribution in [2.24, 2.45) is 0 Å². The van der Waals surface area contributed by atoms with E-state index in [0.717, 1.165) is 42.8 Å². The molecule has 19 heavy (non-hydrogen) atoms. The van der Waals surface area contributed by atoms with Crippen LogP contribution in [0.2, 0.25) is 0 Å². The molecule has 0 radical (unpaired) electrons. The van der Waals surface area contributed by atoms with Gasteiger partial charge in [0.25, 0.3) is 0 Å². The van der Waals surface area contributed by atoms with Gasteiger partial charge in [0.15, 0.2) is 5.75 Å². The van der Waals surface area contributed by atoms with Crippen LogP contribution in [-0.4, -0.2) is 14.9 Å². The lowest BCUT2D eigenvalue weighted by molar-refractivity contribution is 0.459. The van der Waals surface area contributed by atoms with Gasteiger partial charge < -0.3 is 5.11 Å². The average Bonchev–Trinajstić information content (AvgIpc) is 2.69. The molecule has 1 aromatic carbocycles. The fourth-order valence-electron chi connectivity index (χ4n) is 2.36. The fourth-order valence-corrected chi connectivity index (χ4v) is 2.36. The Morgan fingerprint density at radius 1 is 1.11 bits per heavy atom. The first-order chi connectivity index (χ1) is 9.19. The maximum Gasteiger partial charge on any atom is 0.160 e. The molecule has 0 saturated heterocycles. The first-order valence-electron chi connectivity index (χ1n) is 7.04. The quantitative estimate of drug-likeness (QED) is 0.886. The van der Waals surface area contributed by atoms with E-state index < -0.39 is 0 Å². The third-order valence-corrected chi connectivity index (χ3v) is 3.34. The van der Waals surface area contributed by atoms with Crippen molar-refractivity contribution in [2.75, 3.05) is 0 Å². The summed E-state index contributed by atoms with van der Waals surface area (Å²) in [7, 11) is 0. The van der Waals surface area contributed by atoms with Crippen LogP contribution in [0.4, 0.5) is 0 Å². The largest absolute Gasteiger partial charge is 0.504 e. The van der Waals surface area contributed by atoms with Crippen LogP contribution in [0.3, 0.4) is 0 Å². The maximum atomic E-state index is 10.3. The van der Waals surface area contributed by atoms with E-state index in [9.17, 15) is 5.11 Å². The minimum absolute atomic E-state index is 0.381. The zero-order chi connectivity index (χ0) is 13.8. The third kappa shape index (κ3) is 2.65. The highest BCUT2D eigenvalue weighted by molar-refractivity contribution is 5.45. The van der Waals surface area contributed by atoms with Crippen LogP contribution in [0.1, 0.15) is 43.6 Å². The predicted octanol–water partition coefficient (Wildman–Crippen LogP) is 3.79. The standard InChI is InChI=1S/C16H22N2O/c1-4-8-13-16(19)15(9-5-2)18(17-13)14-11-7-6-10-12(14)3/h6-7,10-11,19H,4-5,8-9H2,1-3H3. The van der Waals surface area contributed by atoms with Crippen LogP contribution in [0.25, 0.3) is 5.69 Å². The Bertz CT molecular complexity index is 558. The van der Waals surface area contributed by atoms with E-state index in [2.05, 4.69) is 38.0 Å². The lowest BCUT2D eigenvalue weighted by atomic mass is 10.1. The molecule has 0 unspecified atom stereocenters. The number of hydrogen-bond acceptors (Lipinski definition) is 2. The minimum Gasteiger partial charge on any atom is -0.504 e. The zero-order valence-corrected chi connectivity index (χ0v) is 12.0. The Morgan fingerprint density at radius 2 is 1.79 bits per heavy atom. The van der Waals surface area contributed by atoms with E-state index in [1.54, 1.807) is 0 Å². The predicted molar refractivity (Wildman–Crippen MR) is 78.0 cm³/mol. The van der Waals surface area contributed by atoms with Gasteiger partial charge in [-0.1, -0.05) is 44.9 Å². The van der Waals surface area contributed by atoms with Gasteiger partial charge in [-0.3, -0.25) is 0 Å². The number of aromatic nitrogens is 2. The smallest absolute Gasteiger partial charge is 0.160 e. The summed E-state index contributed by atoms with van der Waals surface area (Å²) in [6, 6.07) is 8.16. The van der Waals surface area contributed by atoms with Crippen LogP contribution in [0, 0.1) is 6.92 Å². The number of para-hydroxylation sites is 1. The molecule has 1 heterocycles. The summed E-state index contributed by atoms with van der Waals surface area (Å²) in [5, 5.41) is 15.0. The lowest BCUT2D eigenvalue weighted by Crippen LogP contribution is -2.04. The Hall–Kier alpha value is -1.77. The highest BCUT2D eigenvalue weighted by Crippen LogP contribution is 2.28. The van der Waals surface area contributed by atoms with Gasteiger partial charge in [-0.05, 0) is 31.4 Å². The Labute approximate surface area is 114 Å². The average molecular weight is 258 g/mol. The van der Waals surface area contributed by atoms with Crippen molar-refractivity contribution in [2.45, 2.75) is 46.5 Å². The Balaban J connectivity index is 2.55. The monoisotopic (exact) mass is 258 g/mol. The highest BCUT2D eigenvalue weighted by atomic mass is 16.3. The molecule has 0 atom stereocenters. The summed E-state index contributed by atoms with van der Waals surface area (Å²) < 4.78 is 1.92. The number of nitrogens with zero attached hydrogens (tertiary/aromatic N) is 2. The summed E-state index contributed by atoms with van der Waals surface area (Å²) >= 11 is 0. The highest BCUT2D eigenvalue weighted by Gasteiger charge is 2.17. The topological polar surface area (TPSA) is 38.0 Å². The van der Waals surface area contributed by atoms with E-state index in [-0.39, 0.29) is 0 Å². The molecule has 3 nitrogen and oxygen atoms in total. The second-order valence-electron chi connectivity index (χ2n) is 4.94. The molecule has 3 heteroatoms. The molecule has 1 N–H and O–H groups in total. The van der Waals surface area contributed by atoms with Gasteiger partial charge in [0.05, 0.1) is 11.4 Å². The number of aryl methyl sites for hydroxylation is 2. The SMILES string of the molecule is CCCc1nn(-c2ccccc2C)c(CCC)c1O. The third-order valence-electron chi connectivity index (χ3n) is 3.34. The van der Waals surface area contributed by atoms with Crippen LogP contribution in [-0.2, 0) is 12.8 Å². The lowest BCUT2D eigenvalue weighted by Gasteiger charge is -2.09. The van der Waals surface area contributed by atoms with E-state index in [4.69, 9.17) is 0 Å². The fraction of sp³-hybridized carbons (Fsp3) is 0.438. The van der Waals surface area contributed by atoms with Crippen molar-refractivity contribution in [3.05, 3.63) is 41.2 Å². The summed E-state index contributed by atoms with van der Waals surface area (Å²) in [6.45, 7) is 6.29. The van der Waals surface area contributed by atoms with Crippen molar-refractivity contribution in [1.29, 1.82) is 0 Å². The molecule has 0 bridgehead atoms. The molecule has 0 fully saturated rings. The second kappa shape index (κ2) is 5.91. The molecule has 1 aromatic heterocycles. The van der Waals surface area contributed by atoms with Crippen molar-refractivity contribution in [1.82, 2.24) is 9.78 Å². The molecule has 0 aliphatic heterocycles. The van der Waals surface area contributed by atoms with Crippen LogP contribution in [0.15, 0.2) is 24.3 Å². The first kappa shape index (κ1) is 13.7. The molecule has 0 aliphatic rings. The molecule has 102 valence electrons.